The number of ether oxygens (including phenoxy) is 1. The number of rotatable bonds is 8. The molecule has 0 radical (unpaired) electrons. The fourth-order valence-electron chi connectivity index (χ4n) is 3.76. The van der Waals surface area contributed by atoms with Crippen LogP contribution in [0.5, 0.6) is 5.88 Å². The van der Waals surface area contributed by atoms with Crippen LogP contribution < -0.4 is 10.5 Å². The van der Waals surface area contributed by atoms with Crippen LogP contribution in [0.1, 0.15) is 22.8 Å². The molecule has 4 rings (SSSR count). The highest BCUT2D eigenvalue weighted by Crippen LogP contribution is 2.42. The summed E-state index contributed by atoms with van der Waals surface area (Å²) in [7, 11) is 0. The SMILES string of the molecule is Cc1cscc1-c1ccccc1C(Oc1cc(-c2ccc(CC(=N)C(=O)O)cc2)nc(N)n1)C(F)(F)F. The van der Waals surface area contributed by atoms with Gasteiger partial charge in [-0.1, -0.05) is 48.5 Å². The first-order valence-corrected chi connectivity index (χ1v) is 11.9. The number of nitrogens with one attached hydrogen (secondary N) is 1. The van der Waals surface area contributed by atoms with Gasteiger partial charge in [-0.05, 0) is 39.9 Å². The lowest BCUT2D eigenvalue weighted by Gasteiger charge is -2.24. The number of aliphatic carboxylic acids is 1. The van der Waals surface area contributed by atoms with Gasteiger partial charge in [-0.3, -0.25) is 5.41 Å². The van der Waals surface area contributed by atoms with Crippen LogP contribution in [0, 0.1) is 12.3 Å². The number of carbonyl (C=O) groups is 1. The van der Waals surface area contributed by atoms with Gasteiger partial charge >= 0.3 is 12.1 Å². The maximum absolute atomic E-state index is 14.3. The Bertz CT molecular complexity index is 1450. The average Bonchev–Trinajstić information content (AvgIpc) is 3.27. The topological polar surface area (TPSA) is 122 Å². The number of nitrogen functional groups attached to an aromatic ring is 1. The van der Waals surface area contributed by atoms with Gasteiger partial charge in [0.2, 0.25) is 17.9 Å². The summed E-state index contributed by atoms with van der Waals surface area (Å²) >= 11 is 1.40. The molecule has 0 spiro atoms. The van der Waals surface area contributed by atoms with E-state index in [9.17, 15) is 18.0 Å². The van der Waals surface area contributed by atoms with E-state index in [4.69, 9.17) is 21.0 Å². The maximum atomic E-state index is 14.3. The van der Waals surface area contributed by atoms with Crippen LogP contribution in [-0.2, 0) is 11.2 Å². The third kappa shape index (κ3) is 5.95. The Morgan fingerprint density at radius 2 is 1.81 bits per heavy atom. The number of anilines is 1. The van der Waals surface area contributed by atoms with E-state index in [1.54, 1.807) is 41.8 Å². The summed E-state index contributed by atoms with van der Waals surface area (Å²) in [6.45, 7) is 1.83. The van der Waals surface area contributed by atoms with Gasteiger partial charge in [-0.2, -0.15) is 29.5 Å². The van der Waals surface area contributed by atoms with Crippen LogP contribution in [0.2, 0.25) is 0 Å². The van der Waals surface area contributed by atoms with Crippen molar-refractivity contribution in [2.45, 2.75) is 25.6 Å². The molecule has 2 aromatic heterocycles. The fourth-order valence-corrected chi connectivity index (χ4v) is 4.61. The molecule has 4 aromatic rings. The fraction of sp³-hybridized carbons (Fsp3) is 0.154. The zero-order valence-corrected chi connectivity index (χ0v) is 20.2. The van der Waals surface area contributed by atoms with Crippen molar-refractivity contribution in [1.82, 2.24) is 9.97 Å². The molecule has 0 aliphatic rings. The number of carboxylic acids is 1. The number of halogens is 3. The first kappa shape index (κ1) is 25.8. The number of alkyl halides is 3. The molecule has 0 aliphatic heterocycles. The molecule has 0 amide bonds. The summed E-state index contributed by atoms with van der Waals surface area (Å²) in [5.41, 5.74) is 8.54. The van der Waals surface area contributed by atoms with Gasteiger partial charge in [-0.15, -0.1) is 0 Å². The molecule has 190 valence electrons. The van der Waals surface area contributed by atoms with Crippen molar-refractivity contribution in [2.24, 2.45) is 0 Å². The van der Waals surface area contributed by atoms with Crippen LogP contribution in [0.15, 0.2) is 65.4 Å². The molecular weight excluding hydrogens is 505 g/mol. The molecule has 2 aromatic carbocycles. The Labute approximate surface area is 213 Å². The van der Waals surface area contributed by atoms with Crippen molar-refractivity contribution in [1.29, 1.82) is 5.41 Å². The number of nitrogens with two attached hydrogens (primary N) is 1. The summed E-state index contributed by atoms with van der Waals surface area (Å²) in [4.78, 5) is 18.9. The summed E-state index contributed by atoms with van der Waals surface area (Å²) in [5.74, 6) is -1.94. The molecular formula is C26H21F3N4O3S. The Hall–Kier alpha value is -4.25. The number of aryl methyl sites for hydroxylation is 1. The summed E-state index contributed by atoms with van der Waals surface area (Å²) < 4.78 is 48.3. The van der Waals surface area contributed by atoms with Gasteiger partial charge in [0.25, 0.3) is 0 Å². The minimum absolute atomic E-state index is 0.0551. The number of hydrogen-bond acceptors (Lipinski definition) is 7. The highest BCUT2D eigenvalue weighted by molar-refractivity contribution is 7.08. The quantitative estimate of drug-likeness (QED) is 0.239. The van der Waals surface area contributed by atoms with Crippen molar-refractivity contribution < 1.29 is 27.8 Å². The molecule has 4 N–H and O–H groups in total. The lowest BCUT2D eigenvalue weighted by Crippen LogP contribution is -2.27. The first-order valence-electron chi connectivity index (χ1n) is 10.9. The highest BCUT2D eigenvalue weighted by Gasteiger charge is 2.44. The van der Waals surface area contributed by atoms with E-state index in [0.717, 1.165) is 5.56 Å². The summed E-state index contributed by atoms with van der Waals surface area (Å²) in [6.07, 6.45) is -7.14. The summed E-state index contributed by atoms with van der Waals surface area (Å²) in [5, 5.41) is 20.0. The number of carboxylic acid groups (broad SMARTS) is 1. The standard InChI is InChI=1S/C26H21F3N4O3S/c1-14-12-37-13-19(14)17-4-2-3-5-18(17)23(26(27,28)29)36-22-11-21(32-25(31)33-22)16-8-6-15(7-9-16)10-20(30)24(34)35/h2-9,11-13,23,30H,10H2,1H3,(H,34,35)(H2,31,32,33). The van der Waals surface area contributed by atoms with E-state index >= 15 is 0 Å². The monoisotopic (exact) mass is 526 g/mol. The van der Waals surface area contributed by atoms with Crippen LogP contribution in [0.3, 0.4) is 0 Å². The lowest BCUT2D eigenvalue weighted by molar-refractivity contribution is -0.198. The van der Waals surface area contributed by atoms with Gasteiger partial charge in [0.05, 0.1) is 5.69 Å². The molecule has 1 atom stereocenters. The minimum Gasteiger partial charge on any atom is -0.477 e. The Morgan fingerprint density at radius 3 is 2.43 bits per heavy atom. The van der Waals surface area contributed by atoms with E-state index in [0.29, 0.717) is 22.3 Å². The first-order chi connectivity index (χ1) is 17.5. The number of nitrogens with zero attached hydrogens (tertiary/aromatic N) is 2. The average molecular weight is 527 g/mol. The van der Waals surface area contributed by atoms with Gasteiger partial charge in [-0.25, -0.2) is 9.78 Å². The van der Waals surface area contributed by atoms with Crippen LogP contribution in [0.25, 0.3) is 22.4 Å². The number of benzene rings is 2. The molecule has 0 saturated heterocycles. The van der Waals surface area contributed by atoms with Crippen molar-refractivity contribution in [3.05, 3.63) is 82.0 Å². The predicted molar refractivity (Wildman–Crippen MR) is 135 cm³/mol. The molecule has 0 bridgehead atoms. The van der Waals surface area contributed by atoms with E-state index < -0.39 is 24.0 Å². The van der Waals surface area contributed by atoms with Gasteiger partial charge in [0, 0.05) is 23.6 Å². The lowest BCUT2D eigenvalue weighted by atomic mass is 9.95. The second-order valence-electron chi connectivity index (χ2n) is 8.20. The largest absolute Gasteiger partial charge is 0.477 e. The molecule has 37 heavy (non-hydrogen) atoms. The normalized spacial score (nSPS) is 12.2. The zero-order chi connectivity index (χ0) is 26.7. The summed E-state index contributed by atoms with van der Waals surface area (Å²) in [6, 6.07) is 13.9. The second kappa shape index (κ2) is 10.4. The smallest absolute Gasteiger partial charge is 0.429 e. The molecule has 0 fully saturated rings. The van der Waals surface area contributed by atoms with Crippen molar-refractivity contribution >= 4 is 29.0 Å². The molecule has 11 heteroatoms. The van der Waals surface area contributed by atoms with Gasteiger partial charge < -0.3 is 15.6 Å². The van der Waals surface area contributed by atoms with E-state index in [-0.39, 0.29) is 29.5 Å². The number of aromatic nitrogens is 2. The Balaban J connectivity index is 1.68. The number of hydrogen-bond donors (Lipinski definition) is 3. The third-order valence-electron chi connectivity index (χ3n) is 5.53. The van der Waals surface area contributed by atoms with E-state index in [1.807, 2.05) is 12.3 Å². The molecule has 1 unspecified atom stereocenters. The second-order valence-corrected chi connectivity index (χ2v) is 8.95. The van der Waals surface area contributed by atoms with Gasteiger partial charge in [0.15, 0.2) is 0 Å². The molecule has 0 aliphatic carbocycles. The number of thiophene rings is 1. The maximum Gasteiger partial charge on any atom is 0.429 e. The Kier molecular flexibility index (Phi) is 7.25. The van der Waals surface area contributed by atoms with Crippen molar-refractivity contribution in [2.75, 3.05) is 5.73 Å². The van der Waals surface area contributed by atoms with Crippen molar-refractivity contribution in [3.63, 3.8) is 0 Å². The molecule has 7 nitrogen and oxygen atoms in total. The van der Waals surface area contributed by atoms with Crippen LogP contribution in [-0.4, -0.2) is 32.9 Å². The minimum atomic E-state index is -4.75. The van der Waals surface area contributed by atoms with E-state index in [1.165, 1.54) is 29.5 Å². The van der Waals surface area contributed by atoms with Crippen LogP contribution in [0.4, 0.5) is 19.1 Å². The molecule has 2 heterocycles. The van der Waals surface area contributed by atoms with Crippen molar-refractivity contribution in [3.8, 4) is 28.3 Å². The van der Waals surface area contributed by atoms with E-state index in [2.05, 4.69) is 9.97 Å². The predicted octanol–water partition coefficient (Wildman–Crippen LogP) is 6.09. The molecule has 0 saturated carbocycles. The van der Waals surface area contributed by atoms with Gasteiger partial charge in [0.1, 0.15) is 5.71 Å². The highest BCUT2D eigenvalue weighted by atomic mass is 32.1. The third-order valence-corrected chi connectivity index (χ3v) is 6.39. The zero-order valence-electron chi connectivity index (χ0n) is 19.4. The Morgan fingerprint density at radius 1 is 1.11 bits per heavy atom. The van der Waals surface area contributed by atoms with Crippen LogP contribution >= 0.6 is 11.3 Å².